The molecule has 0 unspecified atom stereocenters. The minimum absolute atomic E-state index is 0.0545. The van der Waals surface area contributed by atoms with Gasteiger partial charge in [-0.2, -0.15) is 13.2 Å². The molecule has 1 aromatic rings. The van der Waals surface area contributed by atoms with Crippen LogP contribution in [-0.4, -0.2) is 18.6 Å². The number of anilines is 1. The Labute approximate surface area is 111 Å². The van der Waals surface area contributed by atoms with E-state index in [0.29, 0.717) is 6.42 Å². The standard InChI is InChI=1S/C11H11F3INO/c1-2-7-16(10(17)11(12,13)14)9-5-3-8(15)4-6-9/h3-6H,2,7H2,1H3. The monoisotopic (exact) mass is 357 g/mol. The molecule has 1 rings (SSSR count). The fraction of sp³-hybridized carbons (Fsp3) is 0.364. The van der Waals surface area contributed by atoms with Crippen molar-refractivity contribution in [3.8, 4) is 0 Å². The van der Waals surface area contributed by atoms with E-state index in [1.54, 1.807) is 19.1 Å². The van der Waals surface area contributed by atoms with E-state index in [-0.39, 0.29) is 12.2 Å². The Morgan fingerprint density at radius 3 is 2.24 bits per heavy atom. The van der Waals surface area contributed by atoms with Crippen LogP contribution in [0.4, 0.5) is 18.9 Å². The summed E-state index contributed by atoms with van der Waals surface area (Å²) >= 11 is 2.05. The van der Waals surface area contributed by atoms with E-state index in [4.69, 9.17) is 0 Å². The molecule has 0 aliphatic heterocycles. The van der Waals surface area contributed by atoms with Gasteiger partial charge in [-0.25, -0.2) is 0 Å². The summed E-state index contributed by atoms with van der Waals surface area (Å²) in [5.41, 5.74) is 0.273. The minimum Gasteiger partial charge on any atom is -0.305 e. The fourth-order valence-electron chi connectivity index (χ4n) is 1.35. The third kappa shape index (κ3) is 3.86. The van der Waals surface area contributed by atoms with Gasteiger partial charge in [0.15, 0.2) is 0 Å². The average Bonchev–Trinajstić information content (AvgIpc) is 2.25. The van der Waals surface area contributed by atoms with Crippen molar-refractivity contribution in [3.05, 3.63) is 27.8 Å². The predicted octanol–water partition coefficient (Wildman–Crippen LogP) is 3.60. The first-order valence-electron chi connectivity index (χ1n) is 5.00. The molecule has 0 fully saturated rings. The van der Waals surface area contributed by atoms with Crippen molar-refractivity contribution >= 4 is 34.2 Å². The van der Waals surface area contributed by atoms with Crippen molar-refractivity contribution in [3.63, 3.8) is 0 Å². The number of benzene rings is 1. The average molecular weight is 357 g/mol. The van der Waals surface area contributed by atoms with Crippen molar-refractivity contribution in [1.82, 2.24) is 0 Å². The molecular weight excluding hydrogens is 346 g/mol. The van der Waals surface area contributed by atoms with E-state index >= 15 is 0 Å². The molecule has 0 atom stereocenters. The predicted molar refractivity (Wildman–Crippen MR) is 67.9 cm³/mol. The maximum atomic E-state index is 12.4. The molecule has 0 N–H and O–H groups in total. The number of carbonyl (C=O) groups is 1. The summed E-state index contributed by atoms with van der Waals surface area (Å²) in [7, 11) is 0. The second-order valence-electron chi connectivity index (χ2n) is 3.43. The zero-order valence-electron chi connectivity index (χ0n) is 9.09. The van der Waals surface area contributed by atoms with Gasteiger partial charge in [0.05, 0.1) is 0 Å². The number of rotatable bonds is 3. The Morgan fingerprint density at radius 1 is 1.29 bits per heavy atom. The molecule has 0 spiro atoms. The molecule has 1 amide bonds. The van der Waals surface area contributed by atoms with E-state index in [2.05, 4.69) is 0 Å². The summed E-state index contributed by atoms with van der Waals surface area (Å²) in [4.78, 5) is 12.0. The second-order valence-corrected chi connectivity index (χ2v) is 4.68. The van der Waals surface area contributed by atoms with E-state index in [1.807, 2.05) is 22.6 Å². The number of hydrogen-bond donors (Lipinski definition) is 0. The van der Waals surface area contributed by atoms with Crippen molar-refractivity contribution in [2.45, 2.75) is 19.5 Å². The Morgan fingerprint density at radius 2 is 1.82 bits per heavy atom. The molecule has 0 aromatic heterocycles. The van der Waals surface area contributed by atoms with Gasteiger partial charge in [-0.15, -0.1) is 0 Å². The third-order valence-corrected chi connectivity index (χ3v) is 2.79. The lowest BCUT2D eigenvalue weighted by molar-refractivity contribution is -0.170. The molecule has 0 aliphatic carbocycles. The summed E-state index contributed by atoms with van der Waals surface area (Å²) in [5.74, 6) is -1.82. The first kappa shape index (κ1) is 14.3. The quantitative estimate of drug-likeness (QED) is 0.758. The summed E-state index contributed by atoms with van der Waals surface area (Å²) in [6.45, 7) is 1.78. The van der Waals surface area contributed by atoms with Crippen molar-refractivity contribution in [2.75, 3.05) is 11.4 Å². The van der Waals surface area contributed by atoms with Crippen LogP contribution in [0.5, 0.6) is 0 Å². The molecule has 0 aliphatic rings. The first-order valence-corrected chi connectivity index (χ1v) is 6.08. The zero-order valence-corrected chi connectivity index (χ0v) is 11.2. The van der Waals surface area contributed by atoms with Crippen molar-refractivity contribution < 1.29 is 18.0 Å². The SMILES string of the molecule is CCCN(C(=O)C(F)(F)F)c1ccc(I)cc1. The van der Waals surface area contributed by atoms with Gasteiger partial charge in [-0.05, 0) is 53.3 Å². The van der Waals surface area contributed by atoms with Crippen LogP contribution >= 0.6 is 22.6 Å². The molecule has 94 valence electrons. The summed E-state index contributed by atoms with van der Waals surface area (Å²) < 4.78 is 38.1. The maximum absolute atomic E-state index is 12.4. The van der Waals surface area contributed by atoms with Gasteiger partial charge in [-0.1, -0.05) is 6.92 Å². The molecule has 17 heavy (non-hydrogen) atoms. The second kappa shape index (κ2) is 5.70. The van der Waals surface area contributed by atoms with Crippen LogP contribution in [0.25, 0.3) is 0 Å². The summed E-state index contributed by atoms with van der Waals surface area (Å²) in [5, 5.41) is 0. The highest BCUT2D eigenvalue weighted by Crippen LogP contribution is 2.24. The lowest BCUT2D eigenvalue weighted by atomic mass is 10.2. The third-order valence-electron chi connectivity index (χ3n) is 2.07. The number of carbonyl (C=O) groups excluding carboxylic acids is 1. The van der Waals surface area contributed by atoms with Gasteiger partial charge in [0.2, 0.25) is 0 Å². The summed E-state index contributed by atoms with van der Waals surface area (Å²) in [6, 6.07) is 6.37. The number of amides is 1. The molecule has 2 nitrogen and oxygen atoms in total. The molecule has 0 saturated carbocycles. The molecule has 0 heterocycles. The normalized spacial score (nSPS) is 11.4. The Balaban J connectivity index is 3.01. The van der Waals surface area contributed by atoms with Gasteiger partial charge in [0.25, 0.3) is 0 Å². The molecule has 0 saturated heterocycles. The Kier molecular flexibility index (Phi) is 4.79. The van der Waals surface area contributed by atoms with Crippen LogP contribution in [0.3, 0.4) is 0 Å². The van der Waals surface area contributed by atoms with Crippen molar-refractivity contribution in [1.29, 1.82) is 0 Å². The molecule has 1 aromatic carbocycles. The summed E-state index contributed by atoms with van der Waals surface area (Å²) in [6.07, 6.45) is -4.37. The first-order chi connectivity index (χ1) is 7.86. The van der Waals surface area contributed by atoms with Crippen molar-refractivity contribution in [2.24, 2.45) is 0 Å². The van der Waals surface area contributed by atoms with Crippen LogP contribution in [-0.2, 0) is 4.79 Å². The maximum Gasteiger partial charge on any atom is 0.471 e. The molecule has 6 heteroatoms. The van der Waals surface area contributed by atoms with E-state index in [1.165, 1.54) is 12.1 Å². The van der Waals surface area contributed by atoms with Gasteiger partial charge in [0, 0.05) is 15.8 Å². The lowest BCUT2D eigenvalue weighted by Gasteiger charge is -2.23. The van der Waals surface area contributed by atoms with Crippen LogP contribution in [0, 0.1) is 3.57 Å². The largest absolute Gasteiger partial charge is 0.471 e. The number of hydrogen-bond acceptors (Lipinski definition) is 1. The molecule has 0 bridgehead atoms. The van der Waals surface area contributed by atoms with Crippen LogP contribution < -0.4 is 4.90 Å². The zero-order chi connectivity index (χ0) is 13.1. The van der Waals surface area contributed by atoms with Gasteiger partial charge in [-0.3, -0.25) is 4.79 Å². The topological polar surface area (TPSA) is 20.3 Å². The van der Waals surface area contributed by atoms with E-state index < -0.39 is 12.1 Å². The smallest absolute Gasteiger partial charge is 0.305 e. The molecular formula is C11H11F3INO. The highest BCUT2D eigenvalue weighted by Gasteiger charge is 2.42. The Bertz CT molecular complexity index is 389. The number of halogens is 4. The highest BCUT2D eigenvalue weighted by atomic mass is 127. The van der Waals surface area contributed by atoms with Gasteiger partial charge >= 0.3 is 12.1 Å². The highest BCUT2D eigenvalue weighted by molar-refractivity contribution is 14.1. The van der Waals surface area contributed by atoms with Crippen LogP contribution in [0.2, 0.25) is 0 Å². The number of nitrogens with zero attached hydrogens (tertiary/aromatic N) is 1. The minimum atomic E-state index is -4.84. The lowest BCUT2D eigenvalue weighted by Crippen LogP contribution is -2.41. The van der Waals surface area contributed by atoms with Gasteiger partial charge < -0.3 is 4.90 Å². The molecule has 0 radical (unpaired) electrons. The van der Waals surface area contributed by atoms with Crippen LogP contribution in [0.15, 0.2) is 24.3 Å². The fourth-order valence-corrected chi connectivity index (χ4v) is 1.71. The Hall–Kier alpha value is -0.790. The van der Waals surface area contributed by atoms with Gasteiger partial charge in [0.1, 0.15) is 0 Å². The van der Waals surface area contributed by atoms with E-state index in [9.17, 15) is 18.0 Å². The van der Waals surface area contributed by atoms with Crippen LogP contribution in [0.1, 0.15) is 13.3 Å². The number of alkyl halides is 3. The van der Waals surface area contributed by atoms with E-state index in [0.717, 1.165) is 8.47 Å².